The summed E-state index contributed by atoms with van der Waals surface area (Å²) in [6, 6.07) is 12.1. The topological polar surface area (TPSA) is 128 Å². The highest BCUT2D eigenvalue weighted by Crippen LogP contribution is 2.31. The van der Waals surface area contributed by atoms with Gasteiger partial charge in [-0.05, 0) is 31.0 Å². The van der Waals surface area contributed by atoms with Crippen molar-refractivity contribution in [1.82, 2.24) is 20.2 Å². The number of hydrogen-bond acceptors (Lipinski definition) is 7. The fourth-order valence-electron chi connectivity index (χ4n) is 4.08. The van der Waals surface area contributed by atoms with E-state index in [2.05, 4.69) is 20.6 Å². The van der Waals surface area contributed by atoms with Gasteiger partial charge in [-0.1, -0.05) is 53.6 Å². The van der Waals surface area contributed by atoms with Crippen molar-refractivity contribution >= 4 is 29.4 Å². The Kier molecular flexibility index (Phi) is 7.83. The Bertz CT molecular complexity index is 1280. The molecule has 1 aliphatic rings. The van der Waals surface area contributed by atoms with Crippen LogP contribution in [0, 0.1) is 6.92 Å². The van der Waals surface area contributed by atoms with Crippen LogP contribution in [0.4, 0.5) is 5.95 Å². The number of halogens is 1. The van der Waals surface area contributed by atoms with Crippen molar-refractivity contribution in [2.75, 3.05) is 25.1 Å². The molecule has 2 heterocycles. The van der Waals surface area contributed by atoms with E-state index in [-0.39, 0.29) is 37.6 Å². The molecule has 0 saturated carbocycles. The van der Waals surface area contributed by atoms with Crippen LogP contribution in [-0.2, 0) is 11.3 Å². The van der Waals surface area contributed by atoms with Gasteiger partial charge in [-0.2, -0.15) is 0 Å². The van der Waals surface area contributed by atoms with Crippen molar-refractivity contribution in [3.8, 4) is 11.3 Å². The first-order valence-electron chi connectivity index (χ1n) is 11.6. The lowest BCUT2D eigenvalue weighted by Gasteiger charge is -2.20. The number of aliphatic hydroxyl groups excluding tert-OH is 2. The van der Waals surface area contributed by atoms with Crippen molar-refractivity contribution in [2.24, 2.45) is 0 Å². The monoisotopic (exact) mass is 509 g/mol. The van der Waals surface area contributed by atoms with Crippen molar-refractivity contribution in [2.45, 2.75) is 32.5 Å². The molecule has 1 aliphatic heterocycles. The predicted octanol–water partition coefficient (Wildman–Crippen LogP) is 2.70. The van der Waals surface area contributed by atoms with Gasteiger partial charge in [-0.3, -0.25) is 9.59 Å². The largest absolute Gasteiger partial charge is 0.394 e. The zero-order valence-electron chi connectivity index (χ0n) is 20.0. The lowest BCUT2D eigenvalue weighted by molar-refractivity contribution is -0.122. The van der Waals surface area contributed by atoms with Crippen molar-refractivity contribution in [3.05, 3.63) is 75.9 Å². The second kappa shape index (κ2) is 11.0. The summed E-state index contributed by atoms with van der Waals surface area (Å²) in [4.78, 5) is 35.9. The van der Waals surface area contributed by atoms with E-state index < -0.39 is 6.04 Å². The summed E-state index contributed by atoms with van der Waals surface area (Å²) in [5.74, 6) is -0.312. The van der Waals surface area contributed by atoms with E-state index in [0.29, 0.717) is 34.3 Å². The average Bonchev–Trinajstić information content (AvgIpc) is 3.17. The number of carbonyl (C=O) groups is 2. The van der Waals surface area contributed by atoms with Crippen LogP contribution in [0.5, 0.6) is 0 Å². The molecule has 188 valence electrons. The zero-order chi connectivity index (χ0) is 25.8. The highest BCUT2D eigenvalue weighted by atomic mass is 35.5. The Balaban J connectivity index is 1.48. The Morgan fingerprint density at radius 3 is 2.72 bits per heavy atom. The fourth-order valence-corrected chi connectivity index (χ4v) is 4.28. The molecular weight excluding hydrogens is 482 g/mol. The Morgan fingerprint density at radius 2 is 2.00 bits per heavy atom. The minimum Gasteiger partial charge on any atom is -0.394 e. The van der Waals surface area contributed by atoms with Gasteiger partial charge in [0.1, 0.15) is 6.54 Å². The van der Waals surface area contributed by atoms with Crippen LogP contribution in [0.15, 0.2) is 48.7 Å². The SMILES string of the molecule is Cc1cccc(C(CO)NC(=O)CN2Cc3ccc(-c4nc(NC(C)CO)ncc4Cl)cc3C2=O)c1. The number of carbonyl (C=O) groups excluding carboxylic acids is 2. The Labute approximate surface area is 214 Å². The molecule has 0 radical (unpaired) electrons. The summed E-state index contributed by atoms with van der Waals surface area (Å²) in [6.45, 7) is 3.57. The van der Waals surface area contributed by atoms with Crippen LogP contribution in [0.25, 0.3) is 11.3 Å². The maximum atomic E-state index is 13.1. The molecule has 2 atom stereocenters. The minimum atomic E-state index is -0.555. The van der Waals surface area contributed by atoms with E-state index in [0.717, 1.165) is 16.7 Å². The average molecular weight is 510 g/mol. The standard InChI is InChI=1S/C26H28ClN5O4/c1-15-4-3-5-17(8-15)22(14-34)30-23(35)12-32-11-19-7-6-18(9-20(19)25(32)36)24-21(27)10-28-26(31-24)29-16(2)13-33/h3-10,16,22,33-34H,11-14H2,1-2H3,(H,30,35)(H,28,29,31). The van der Waals surface area contributed by atoms with Gasteiger partial charge in [0.05, 0.1) is 36.2 Å². The number of benzene rings is 2. The zero-order valence-corrected chi connectivity index (χ0v) is 20.8. The maximum Gasteiger partial charge on any atom is 0.254 e. The summed E-state index contributed by atoms with van der Waals surface area (Å²) >= 11 is 6.34. The molecule has 0 spiro atoms. The lowest BCUT2D eigenvalue weighted by Crippen LogP contribution is -2.40. The third-order valence-electron chi connectivity index (χ3n) is 5.95. The fraction of sp³-hybridized carbons (Fsp3) is 0.308. The lowest BCUT2D eigenvalue weighted by atomic mass is 10.0. The van der Waals surface area contributed by atoms with Crippen LogP contribution >= 0.6 is 11.6 Å². The van der Waals surface area contributed by atoms with Crippen LogP contribution in [0.1, 0.15) is 40.0 Å². The van der Waals surface area contributed by atoms with Crippen molar-refractivity contribution in [3.63, 3.8) is 0 Å². The molecule has 0 bridgehead atoms. The summed E-state index contributed by atoms with van der Waals surface area (Å²) < 4.78 is 0. The number of nitrogens with one attached hydrogen (secondary N) is 2. The summed E-state index contributed by atoms with van der Waals surface area (Å²) in [5.41, 5.74) is 4.19. The molecule has 9 nitrogen and oxygen atoms in total. The highest BCUT2D eigenvalue weighted by molar-refractivity contribution is 6.33. The van der Waals surface area contributed by atoms with E-state index in [4.69, 9.17) is 11.6 Å². The molecule has 0 saturated heterocycles. The Hall–Kier alpha value is -3.53. The molecule has 0 aliphatic carbocycles. The Morgan fingerprint density at radius 1 is 1.19 bits per heavy atom. The summed E-state index contributed by atoms with van der Waals surface area (Å²) in [6.07, 6.45) is 1.47. The first-order chi connectivity index (χ1) is 17.3. The first-order valence-corrected chi connectivity index (χ1v) is 12.0. The first kappa shape index (κ1) is 25.6. The molecule has 3 aromatic rings. The number of hydrogen-bond donors (Lipinski definition) is 4. The van der Waals surface area contributed by atoms with Gasteiger partial charge >= 0.3 is 0 Å². The molecule has 2 amide bonds. The van der Waals surface area contributed by atoms with Crippen LogP contribution in [-0.4, -0.2) is 62.7 Å². The molecule has 10 heteroatoms. The van der Waals surface area contributed by atoms with Gasteiger partial charge in [0.2, 0.25) is 11.9 Å². The number of aryl methyl sites for hydroxylation is 1. The third kappa shape index (κ3) is 5.64. The van der Waals surface area contributed by atoms with E-state index in [1.54, 1.807) is 13.0 Å². The third-order valence-corrected chi connectivity index (χ3v) is 6.23. The van der Waals surface area contributed by atoms with Crippen LogP contribution in [0.3, 0.4) is 0 Å². The molecule has 2 unspecified atom stereocenters. The van der Waals surface area contributed by atoms with Gasteiger partial charge < -0.3 is 25.7 Å². The molecule has 2 aromatic carbocycles. The number of nitrogens with zero attached hydrogens (tertiary/aromatic N) is 3. The predicted molar refractivity (Wildman–Crippen MR) is 137 cm³/mol. The van der Waals surface area contributed by atoms with Gasteiger partial charge in [0.15, 0.2) is 0 Å². The van der Waals surface area contributed by atoms with Crippen molar-refractivity contribution in [1.29, 1.82) is 0 Å². The number of amides is 2. The normalized spacial score (nSPS) is 14.4. The van der Waals surface area contributed by atoms with Gasteiger partial charge in [-0.25, -0.2) is 9.97 Å². The number of aliphatic hydroxyl groups is 2. The number of anilines is 1. The molecule has 0 fully saturated rings. The summed E-state index contributed by atoms with van der Waals surface area (Å²) in [7, 11) is 0. The van der Waals surface area contributed by atoms with Gasteiger partial charge in [0, 0.05) is 23.7 Å². The van der Waals surface area contributed by atoms with E-state index in [1.807, 2.05) is 43.3 Å². The smallest absolute Gasteiger partial charge is 0.254 e. The van der Waals surface area contributed by atoms with Gasteiger partial charge in [-0.15, -0.1) is 0 Å². The molecular formula is C26H28ClN5O4. The van der Waals surface area contributed by atoms with Gasteiger partial charge in [0.25, 0.3) is 5.91 Å². The number of aromatic nitrogens is 2. The number of fused-ring (bicyclic) bond motifs is 1. The second-order valence-electron chi connectivity index (χ2n) is 8.87. The maximum absolute atomic E-state index is 13.1. The van der Waals surface area contributed by atoms with Crippen molar-refractivity contribution < 1.29 is 19.8 Å². The van der Waals surface area contributed by atoms with Crippen LogP contribution in [0.2, 0.25) is 5.02 Å². The van der Waals surface area contributed by atoms with E-state index in [1.165, 1.54) is 11.1 Å². The quantitative estimate of drug-likeness (QED) is 0.349. The number of rotatable bonds is 9. The molecule has 4 rings (SSSR count). The highest BCUT2D eigenvalue weighted by Gasteiger charge is 2.30. The molecule has 1 aromatic heterocycles. The van der Waals surface area contributed by atoms with Crippen LogP contribution < -0.4 is 10.6 Å². The van der Waals surface area contributed by atoms with E-state index >= 15 is 0 Å². The molecule has 36 heavy (non-hydrogen) atoms. The minimum absolute atomic E-state index is 0.0812. The van der Waals surface area contributed by atoms with E-state index in [9.17, 15) is 19.8 Å². The molecule has 4 N–H and O–H groups in total. The second-order valence-corrected chi connectivity index (χ2v) is 9.28. The summed E-state index contributed by atoms with van der Waals surface area (Å²) in [5, 5.41) is 25.2.